The fraction of sp³-hybridized carbons (Fsp3) is 0.238. The molecular weight excluding hydrogens is 312 g/mol. The molecule has 0 aliphatic carbocycles. The number of pyridine rings is 1. The molecule has 0 saturated carbocycles. The van der Waals surface area contributed by atoms with Crippen LogP contribution < -0.4 is 4.90 Å². The van der Waals surface area contributed by atoms with Crippen molar-refractivity contribution in [2.24, 2.45) is 0 Å². The van der Waals surface area contributed by atoms with E-state index in [0.717, 1.165) is 5.76 Å². The maximum Gasteiger partial charge on any atom is 0.260 e. The molecule has 0 saturated heterocycles. The Hall–Kier alpha value is -2.88. The van der Waals surface area contributed by atoms with Crippen molar-refractivity contribution in [2.75, 3.05) is 4.90 Å². The Kier molecular flexibility index (Phi) is 4.98. The van der Waals surface area contributed by atoms with Crippen molar-refractivity contribution in [3.8, 4) is 0 Å². The van der Waals surface area contributed by atoms with Crippen molar-refractivity contribution in [1.82, 2.24) is 4.98 Å². The lowest BCUT2D eigenvalue weighted by Crippen LogP contribution is -2.34. The van der Waals surface area contributed by atoms with Crippen molar-refractivity contribution in [1.29, 1.82) is 0 Å². The van der Waals surface area contributed by atoms with E-state index in [0.29, 0.717) is 17.3 Å². The first-order chi connectivity index (χ1) is 12.1. The van der Waals surface area contributed by atoms with Gasteiger partial charge < -0.3 is 4.42 Å². The first-order valence-electron chi connectivity index (χ1n) is 8.46. The predicted octanol–water partition coefficient (Wildman–Crippen LogP) is 5.21. The number of nitrogens with zero attached hydrogens (tertiary/aromatic N) is 2. The van der Waals surface area contributed by atoms with Crippen molar-refractivity contribution in [3.63, 3.8) is 0 Å². The molecule has 4 nitrogen and oxygen atoms in total. The molecule has 1 amide bonds. The number of amides is 1. The van der Waals surface area contributed by atoms with Gasteiger partial charge in [-0.15, -0.1) is 0 Å². The highest BCUT2D eigenvalue weighted by atomic mass is 16.3. The molecule has 3 aromatic rings. The van der Waals surface area contributed by atoms with E-state index in [1.54, 1.807) is 17.4 Å². The van der Waals surface area contributed by atoms with E-state index >= 15 is 0 Å². The molecule has 0 unspecified atom stereocenters. The molecule has 0 fully saturated rings. The second kappa shape index (κ2) is 7.34. The van der Waals surface area contributed by atoms with E-state index in [4.69, 9.17) is 4.42 Å². The van der Waals surface area contributed by atoms with E-state index in [-0.39, 0.29) is 11.9 Å². The molecule has 4 heteroatoms. The van der Waals surface area contributed by atoms with Gasteiger partial charge in [-0.3, -0.25) is 9.69 Å². The highest BCUT2D eigenvalue weighted by Crippen LogP contribution is 2.28. The first-order valence-corrected chi connectivity index (χ1v) is 8.46. The number of furan rings is 1. The van der Waals surface area contributed by atoms with E-state index in [1.807, 2.05) is 61.5 Å². The molecule has 1 aromatic carbocycles. The average Bonchev–Trinajstić information content (AvgIpc) is 3.17. The lowest BCUT2D eigenvalue weighted by molar-refractivity contribution is 0.0974. The Morgan fingerprint density at radius 3 is 2.32 bits per heavy atom. The third-order valence-electron chi connectivity index (χ3n) is 4.28. The van der Waals surface area contributed by atoms with E-state index in [9.17, 15) is 4.79 Å². The van der Waals surface area contributed by atoms with E-state index < -0.39 is 0 Å². The van der Waals surface area contributed by atoms with Crippen LogP contribution >= 0.6 is 0 Å². The number of hydrogen-bond donors (Lipinski definition) is 0. The van der Waals surface area contributed by atoms with Crippen LogP contribution in [0.3, 0.4) is 0 Å². The normalized spacial score (nSPS) is 12.2. The number of anilines is 1. The molecule has 0 N–H and O–H groups in total. The molecule has 2 aromatic heterocycles. The number of aromatic nitrogens is 1. The molecule has 0 radical (unpaired) electrons. The zero-order chi connectivity index (χ0) is 17.8. The van der Waals surface area contributed by atoms with Gasteiger partial charge in [0, 0.05) is 11.8 Å². The highest BCUT2D eigenvalue weighted by molar-refractivity contribution is 6.06. The smallest absolute Gasteiger partial charge is 0.260 e. The van der Waals surface area contributed by atoms with Gasteiger partial charge in [0.1, 0.15) is 11.6 Å². The average molecular weight is 334 g/mol. The van der Waals surface area contributed by atoms with Crippen LogP contribution in [0.15, 0.2) is 71.5 Å². The summed E-state index contributed by atoms with van der Waals surface area (Å²) in [5.74, 6) is 1.65. The summed E-state index contributed by atoms with van der Waals surface area (Å²) < 4.78 is 5.51. The van der Waals surface area contributed by atoms with Crippen LogP contribution in [0.4, 0.5) is 5.82 Å². The summed E-state index contributed by atoms with van der Waals surface area (Å²) in [6.45, 7) is 6.21. The summed E-state index contributed by atoms with van der Waals surface area (Å²) in [6, 6.07) is 16.7. The molecular formula is C21H22N2O2. The number of hydrogen-bond acceptors (Lipinski definition) is 3. The zero-order valence-electron chi connectivity index (χ0n) is 14.7. The molecule has 0 spiro atoms. The van der Waals surface area contributed by atoms with Crippen LogP contribution in [0.5, 0.6) is 0 Å². The van der Waals surface area contributed by atoms with Gasteiger partial charge in [-0.1, -0.05) is 32.0 Å². The molecule has 3 rings (SSSR count). The molecule has 0 bridgehead atoms. The molecule has 2 heterocycles. The summed E-state index contributed by atoms with van der Waals surface area (Å²) in [6.07, 6.45) is 3.30. The Bertz CT molecular complexity index is 809. The number of carbonyl (C=O) groups excluding carboxylic acids is 1. The SMILES string of the molecule is CC(C)c1ccc(C(=O)N(c2ccccn2)[C@@H](C)c2ccco2)cc1. The first kappa shape index (κ1) is 17.0. The minimum atomic E-state index is -0.262. The van der Waals surface area contributed by atoms with Crippen LogP contribution in [-0.2, 0) is 0 Å². The summed E-state index contributed by atoms with van der Waals surface area (Å²) in [5.41, 5.74) is 1.84. The number of benzene rings is 1. The number of carbonyl (C=O) groups is 1. The fourth-order valence-electron chi connectivity index (χ4n) is 2.78. The van der Waals surface area contributed by atoms with Gasteiger partial charge in [-0.2, -0.15) is 0 Å². The number of rotatable bonds is 5. The Labute approximate surface area is 148 Å². The Balaban J connectivity index is 1.97. The largest absolute Gasteiger partial charge is 0.467 e. The second-order valence-electron chi connectivity index (χ2n) is 6.33. The minimum absolute atomic E-state index is 0.0992. The Morgan fingerprint density at radius 1 is 1.00 bits per heavy atom. The zero-order valence-corrected chi connectivity index (χ0v) is 14.7. The minimum Gasteiger partial charge on any atom is -0.467 e. The predicted molar refractivity (Wildman–Crippen MR) is 98.7 cm³/mol. The van der Waals surface area contributed by atoms with Crippen LogP contribution in [0.25, 0.3) is 0 Å². The van der Waals surface area contributed by atoms with Crippen molar-refractivity contribution in [2.45, 2.75) is 32.7 Å². The lowest BCUT2D eigenvalue weighted by Gasteiger charge is -2.27. The fourth-order valence-corrected chi connectivity index (χ4v) is 2.78. The monoisotopic (exact) mass is 334 g/mol. The van der Waals surface area contributed by atoms with E-state index in [2.05, 4.69) is 18.8 Å². The van der Waals surface area contributed by atoms with Gasteiger partial charge in [0.05, 0.1) is 12.3 Å². The summed E-state index contributed by atoms with van der Waals surface area (Å²) in [4.78, 5) is 19.2. The van der Waals surface area contributed by atoms with Gasteiger partial charge in [-0.25, -0.2) is 4.98 Å². The molecule has 25 heavy (non-hydrogen) atoms. The van der Waals surface area contributed by atoms with Crippen LogP contribution in [0, 0.1) is 0 Å². The molecule has 0 aliphatic rings. The van der Waals surface area contributed by atoms with Crippen LogP contribution in [-0.4, -0.2) is 10.9 Å². The van der Waals surface area contributed by atoms with Crippen molar-refractivity contribution >= 4 is 11.7 Å². The second-order valence-corrected chi connectivity index (χ2v) is 6.33. The van der Waals surface area contributed by atoms with Gasteiger partial charge >= 0.3 is 0 Å². The van der Waals surface area contributed by atoms with Gasteiger partial charge in [0.2, 0.25) is 0 Å². The molecule has 128 valence electrons. The van der Waals surface area contributed by atoms with Gasteiger partial charge in [0.25, 0.3) is 5.91 Å². The quantitative estimate of drug-likeness (QED) is 0.644. The van der Waals surface area contributed by atoms with E-state index in [1.165, 1.54) is 5.56 Å². The Morgan fingerprint density at radius 2 is 1.76 bits per heavy atom. The van der Waals surface area contributed by atoms with Gasteiger partial charge in [-0.05, 0) is 54.8 Å². The van der Waals surface area contributed by atoms with Crippen molar-refractivity contribution < 1.29 is 9.21 Å². The standard InChI is InChI=1S/C21H22N2O2/c1-15(2)17-9-11-18(12-10-17)21(24)23(20-8-4-5-13-22-20)16(3)19-7-6-14-25-19/h4-16H,1-3H3/t16-/m0/s1. The summed E-state index contributed by atoms with van der Waals surface area (Å²) in [5, 5.41) is 0. The maximum absolute atomic E-state index is 13.2. The van der Waals surface area contributed by atoms with Gasteiger partial charge in [0.15, 0.2) is 0 Å². The highest BCUT2D eigenvalue weighted by Gasteiger charge is 2.27. The molecule has 1 atom stereocenters. The molecule has 0 aliphatic heterocycles. The van der Waals surface area contributed by atoms with Crippen molar-refractivity contribution in [3.05, 3.63) is 83.9 Å². The summed E-state index contributed by atoms with van der Waals surface area (Å²) >= 11 is 0. The maximum atomic E-state index is 13.2. The summed E-state index contributed by atoms with van der Waals surface area (Å²) in [7, 11) is 0. The van der Waals surface area contributed by atoms with Crippen LogP contribution in [0.2, 0.25) is 0 Å². The van der Waals surface area contributed by atoms with Crippen LogP contribution in [0.1, 0.15) is 54.4 Å². The third-order valence-corrected chi connectivity index (χ3v) is 4.28. The third kappa shape index (κ3) is 3.63. The topological polar surface area (TPSA) is 46.3 Å². The lowest BCUT2D eigenvalue weighted by atomic mass is 10.0.